The number of rotatable bonds is 4. The van der Waals surface area contributed by atoms with Crippen molar-refractivity contribution >= 4 is 5.97 Å². The lowest BCUT2D eigenvalue weighted by atomic mass is 9.78. The molecule has 0 saturated carbocycles. The molecule has 1 saturated heterocycles. The van der Waals surface area contributed by atoms with E-state index < -0.39 is 5.97 Å². The van der Waals surface area contributed by atoms with Gasteiger partial charge >= 0.3 is 5.97 Å². The van der Waals surface area contributed by atoms with Crippen molar-refractivity contribution in [3.8, 4) is 0 Å². The molecule has 136 valence electrons. The summed E-state index contributed by atoms with van der Waals surface area (Å²) in [6.45, 7) is 2.88. The Kier molecular flexibility index (Phi) is 4.79. The first-order chi connectivity index (χ1) is 12.6. The van der Waals surface area contributed by atoms with Crippen LogP contribution in [0, 0.1) is 0 Å². The van der Waals surface area contributed by atoms with Crippen LogP contribution in [0.4, 0.5) is 0 Å². The van der Waals surface area contributed by atoms with Crippen LogP contribution in [0.15, 0.2) is 54.6 Å². The molecule has 2 aromatic rings. The summed E-state index contributed by atoms with van der Waals surface area (Å²) in [4.78, 5) is 13.7. The van der Waals surface area contributed by atoms with Gasteiger partial charge in [-0.15, -0.1) is 0 Å². The van der Waals surface area contributed by atoms with Gasteiger partial charge in [0.25, 0.3) is 0 Å². The van der Waals surface area contributed by atoms with Crippen molar-refractivity contribution in [2.24, 2.45) is 0 Å². The van der Waals surface area contributed by atoms with Gasteiger partial charge in [0.1, 0.15) is 0 Å². The van der Waals surface area contributed by atoms with E-state index in [-0.39, 0.29) is 18.1 Å². The number of nitrogens with zero attached hydrogens (tertiary/aromatic N) is 1. The van der Waals surface area contributed by atoms with Gasteiger partial charge in [0.2, 0.25) is 0 Å². The number of fused-ring (bicyclic) bond motifs is 2. The van der Waals surface area contributed by atoms with Gasteiger partial charge in [0.15, 0.2) is 0 Å². The number of aliphatic carboxylic acids is 1. The molecule has 2 aliphatic heterocycles. The number of ether oxygens (including phenoxy) is 1. The summed E-state index contributed by atoms with van der Waals surface area (Å²) in [5.74, 6) is -0.786. The van der Waals surface area contributed by atoms with Crippen molar-refractivity contribution in [2.45, 2.75) is 43.9 Å². The quantitative estimate of drug-likeness (QED) is 0.914. The Balaban J connectivity index is 1.51. The number of benzene rings is 2. The molecular formula is C22H25NO3. The Hall–Kier alpha value is -2.17. The van der Waals surface area contributed by atoms with E-state index in [4.69, 9.17) is 4.74 Å². The summed E-state index contributed by atoms with van der Waals surface area (Å²) in [7, 11) is 0. The highest BCUT2D eigenvalue weighted by Crippen LogP contribution is 2.44. The van der Waals surface area contributed by atoms with E-state index in [0.717, 1.165) is 32.5 Å². The summed E-state index contributed by atoms with van der Waals surface area (Å²) in [5, 5.41) is 9.22. The molecule has 0 radical (unpaired) electrons. The topological polar surface area (TPSA) is 49.8 Å². The van der Waals surface area contributed by atoms with Crippen molar-refractivity contribution in [1.29, 1.82) is 0 Å². The summed E-state index contributed by atoms with van der Waals surface area (Å²) < 4.78 is 6.44. The molecule has 1 spiro atoms. The first kappa shape index (κ1) is 17.3. The number of carbonyl (C=O) groups is 1. The Bertz CT molecular complexity index is 766. The molecule has 1 N–H and O–H groups in total. The van der Waals surface area contributed by atoms with E-state index in [1.54, 1.807) is 0 Å². The van der Waals surface area contributed by atoms with Gasteiger partial charge in [0.05, 0.1) is 18.1 Å². The van der Waals surface area contributed by atoms with E-state index in [9.17, 15) is 9.90 Å². The normalized spacial score (nSPS) is 22.1. The first-order valence-corrected chi connectivity index (χ1v) is 9.39. The highest BCUT2D eigenvalue weighted by molar-refractivity contribution is 5.67. The summed E-state index contributed by atoms with van der Waals surface area (Å²) >= 11 is 0. The van der Waals surface area contributed by atoms with Gasteiger partial charge in [-0.3, -0.25) is 9.69 Å². The lowest BCUT2D eigenvalue weighted by Crippen LogP contribution is -2.49. The molecule has 2 aromatic carbocycles. The zero-order chi connectivity index (χ0) is 18.0. The fraction of sp³-hybridized carbons (Fsp3) is 0.409. The second kappa shape index (κ2) is 7.22. The van der Waals surface area contributed by atoms with Crippen LogP contribution in [0.1, 0.15) is 36.0 Å². The van der Waals surface area contributed by atoms with Gasteiger partial charge in [0, 0.05) is 19.6 Å². The predicted octanol–water partition coefficient (Wildman–Crippen LogP) is 3.59. The standard InChI is InChI=1S/C22H25NO3/c24-21(25)15-19-14-18-8-4-5-9-20(18)22(26-19)10-12-23(13-11-22)16-17-6-2-1-3-7-17/h1-9,19H,10-16H2,(H,24,25). The van der Waals surface area contributed by atoms with Gasteiger partial charge in [-0.05, 0) is 36.0 Å². The van der Waals surface area contributed by atoms with Crippen molar-refractivity contribution < 1.29 is 14.6 Å². The second-order valence-electron chi connectivity index (χ2n) is 7.46. The fourth-order valence-corrected chi connectivity index (χ4v) is 4.42. The van der Waals surface area contributed by atoms with Crippen LogP contribution in [0.25, 0.3) is 0 Å². The average molecular weight is 351 g/mol. The van der Waals surface area contributed by atoms with E-state index in [1.807, 2.05) is 12.1 Å². The predicted molar refractivity (Wildman–Crippen MR) is 99.9 cm³/mol. The maximum atomic E-state index is 11.2. The largest absolute Gasteiger partial charge is 0.481 e. The zero-order valence-corrected chi connectivity index (χ0v) is 14.9. The van der Waals surface area contributed by atoms with E-state index in [0.29, 0.717) is 6.42 Å². The highest BCUT2D eigenvalue weighted by Gasteiger charge is 2.43. The molecule has 26 heavy (non-hydrogen) atoms. The molecule has 2 aliphatic rings. The van der Waals surface area contributed by atoms with Gasteiger partial charge < -0.3 is 9.84 Å². The molecule has 0 aliphatic carbocycles. The van der Waals surface area contributed by atoms with Crippen LogP contribution in [0.2, 0.25) is 0 Å². The van der Waals surface area contributed by atoms with E-state index >= 15 is 0 Å². The lowest BCUT2D eigenvalue weighted by molar-refractivity contribution is -0.158. The highest BCUT2D eigenvalue weighted by atomic mass is 16.5. The minimum absolute atomic E-state index is 0.0732. The third-order valence-electron chi connectivity index (χ3n) is 5.66. The maximum absolute atomic E-state index is 11.2. The van der Waals surface area contributed by atoms with Crippen molar-refractivity contribution in [3.05, 3.63) is 71.3 Å². The molecule has 0 bridgehead atoms. The number of piperidine rings is 1. The summed E-state index contributed by atoms with van der Waals surface area (Å²) in [6, 6.07) is 18.9. The summed E-state index contributed by atoms with van der Waals surface area (Å²) in [5.41, 5.74) is 3.52. The Morgan fingerprint density at radius 3 is 2.50 bits per heavy atom. The minimum atomic E-state index is -0.786. The lowest BCUT2D eigenvalue weighted by Gasteiger charge is -2.47. The van der Waals surface area contributed by atoms with E-state index in [1.165, 1.54) is 16.7 Å². The van der Waals surface area contributed by atoms with Crippen LogP contribution in [-0.4, -0.2) is 35.2 Å². The van der Waals surface area contributed by atoms with Gasteiger partial charge in [-0.25, -0.2) is 0 Å². The smallest absolute Gasteiger partial charge is 0.305 e. The fourth-order valence-electron chi connectivity index (χ4n) is 4.42. The van der Waals surface area contributed by atoms with Crippen molar-refractivity contribution in [3.63, 3.8) is 0 Å². The van der Waals surface area contributed by atoms with Gasteiger partial charge in [-0.2, -0.15) is 0 Å². The number of hydrogen-bond acceptors (Lipinski definition) is 3. The maximum Gasteiger partial charge on any atom is 0.305 e. The minimum Gasteiger partial charge on any atom is -0.481 e. The molecule has 4 rings (SSSR count). The second-order valence-corrected chi connectivity index (χ2v) is 7.46. The molecule has 4 heteroatoms. The van der Waals surface area contributed by atoms with Crippen molar-refractivity contribution in [1.82, 2.24) is 4.90 Å². The van der Waals surface area contributed by atoms with Crippen molar-refractivity contribution in [2.75, 3.05) is 13.1 Å². The third-order valence-corrected chi connectivity index (χ3v) is 5.66. The van der Waals surface area contributed by atoms with E-state index in [2.05, 4.69) is 47.4 Å². The Morgan fingerprint density at radius 2 is 1.77 bits per heavy atom. The third kappa shape index (κ3) is 3.53. The number of likely N-dealkylation sites (tertiary alicyclic amines) is 1. The molecule has 0 amide bonds. The summed E-state index contributed by atoms with van der Waals surface area (Å²) in [6.07, 6.45) is 2.35. The van der Waals surface area contributed by atoms with Crippen LogP contribution in [-0.2, 0) is 28.1 Å². The molecule has 4 nitrogen and oxygen atoms in total. The van der Waals surface area contributed by atoms with Crippen LogP contribution < -0.4 is 0 Å². The van der Waals surface area contributed by atoms with Gasteiger partial charge in [-0.1, -0.05) is 54.6 Å². The number of hydrogen-bond donors (Lipinski definition) is 1. The zero-order valence-electron chi connectivity index (χ0n) is 14.9. The molecule has 1 unspecified atom stereocenters. The van der Waals surface area contributed by atoms with Crippen LogP contribution >= 0.6 is 0 Å². The Labute approximate surface area is 154 Å². The number of carboxylic acid groups (broad SMARTS) is 1. The molecule has 2 heterocycles. The Morgan fingerprint density at radius 1 is 1.08 bits per heavy atom. The SMILES string of the molecule is O=C(O)CC1Cc2ccccc2C2(CCN(Cc3ccccc3)CC2)O1. The van der Waals surface area contributed by atoms with Crippen LogP contribution in [0.5, 0.6) is 0 Å². The van der Waals surface area contributed by atoms with Crippen LogP contribution in [0.3, 0.4) is 0 Å². The molecule has 1 fully saturated rings. The molecular weight excluding hydrogens is 326 g/mol. The first-order valence-electron chi connectivity index (χ1n) is 9.39. The number of carboxylic acids is 1. The molecule has 1 atom stereocenters. The monoisotopic (exact) mass is 351 g/mol. The average Bonchev–Trinajstić information content (AvgIpc) is 2.64. The molecule has 0 aromatic heterocycles.